The van der Waals surface area contributed by atoms with Crippen LogP contribution in [-0.2, 0) is 32.7 Å². The van der Waals surface area contributed by atoms with E-state index in [-0.39, 0.29) is 22.5 Å². The Morgan fingerprint density at radius 3 is 2.36 bits per heavy atom. The summed E-state index contributed by atoms with van der Waals surface area (Å²) in [5.41, 5.74) is 2.48. The highest BCUT2D eigenvalue weighted by molar-refractivity contribution is 7.92. The van der Waals surface area contributed by atoms with Gasteiger partial charge >= 0.3 is 0 Å². The van der Waals surface area contributed by atoms with E-state index in [0.29, 0.717) is 42.1 Å². The fraction of sp³-hybridized carbons (Fsp3) is 0.500. The predicted molar refractivity (Wildman–Crippen MR) is 181 cm³/mol. The second kappa shape index (κ2) is 12.6. The topological polar surface area (TPSA) is 125 Å². The third-order valence-corrected chi connectivity index (χ3v) is 11.5. The van der Waals surface area contributed by atoms with Crippen LogP contribution in [0.4, 0.5) is 5.82 Å². The van der Waals surface area contributed by atoms with Gasteiger partial charge in [0, 0.05) is 36.1 Å². The van der Waals surface area contributed by atoms with Crippen molar-refractivity contribution in [2.24, 2.45) is 10.4 Å². The van der Waals surface area contributed by atoms with Gasteiger partial charge < -0.3 is 9.42 Å². The molecule has 2 amide bonds. The summed E-state index contributed by atoms with van der Waals surface area (Å²) >= 11 is 0. The number of carbonyl (C=O) groups excluding carboxylic acids is 2. The van der Waals surface area contributed by atoms with Crippen LogP contribution in [-0.4, -0.2) is 53.1 Å². The van der Waals surface area contributed by atoms with E-state index in [2.05, 4.69) is 16.8 Å². The number of nitrogens with one attached hydrogen (secondary N) is 1. The van der Waals surface area contributed by atoms with Gasteiger partial charge in [0.05, 0.1) is 11.4 Å². The van der Waals surface area contributed by atoms with Crippen molar-refractivity contribution in [1.82, 2.24) is 15.0 Å². The van der Waals surface area contributed by atoms with E-state index in [1.807, 2.05) is 47.9 Å². The van der Waals surface area contributed by atoms with Crippen LogP contribution >= 0.6 is 0 Å². The van der Waals surface area contributed by atoms with Gasteiger partial charge in [-0.15, -0.1) is 0 Å². The molecule has 47 heavy (non-hydrogen) atoms. The lowest BCUT2D eigenvalue weighted by Crippen LogP contribution is -2.40. The molecule has 1 aliphatic carbocycles. The van der Waals surface area contributed by atoms with Crippen molar-refractivity contribution in [3.8, 4) is 11.1 Å². The number of aromatic nitrogens is 1. The van der Waals surface area contributed by atoms with Crippen LogP contribution in [0, 0.1) is 19.3 Å². The van der Waals surface area contributed by atoms with E-state index >= 15 is 0 Å². The molecule has 1 spiro atoms. The molecule has 0 bridgehead atoms. The summed E-state index contributed by atoms with van der Waals surface area (Å²) in [7, 11) is -4.06. The monoisotopic (exact) mass is 659 g/mol. The van der Waals surface area contributed by atoms with Crippen molar-refractivity contribution in [2.75, 3.05) is 11.3 Å². The Morgan fingerprint density at radius 2 is 1.70 bits per heavy atom. The molecule has 10 nitrogen and oxygen atoms in total. The molecule has 2 fully saturated rings. The van der Waals surface area contributed by atoms with Gasteiger partial charge in [-0.25, -0.2) is 8.42 Å². The molecule has 1 aromatic heterocycles. The SMILES string of the molecule is CCCCC1=NC2(CCCC2)C(=O)N1Cc1ccc(-c2ccccc2S(=O)(=O)Nc2noc(C)c2C)c(CN2CCC(C)(C)C2=O)c1. The highest BCUT2D eigenvalue weighted by atomic mass is 32.2. The second-order valence-corrected chi connectivity index (χ2v) is 15.6. The standard InChI is InChI=1S/C36H45N5O5S/c1-6-7-14-31-37-36(17-10-11-18-36)34(43)41(31)22-26-15-16-28(27(21-26)23-40-20-19-35(4,5)33(40)42)29-12-8-9-13-30(29)47(44,45)39-32-24(2)25(3)46-38-32/h8-9,12-13,15-16,21H,6-7,10-11,14,17-20,22-23H2,1-5H3,(H,38,39). The lowest BCUT2D eigenvalue weighted by atomic mass is 9.92. The van der Waals surface area contributed by atoms with Crippen molar-refractivity contribution in [3.63, 3.8) is 0 Å². The van der Waals surface area contributed by atoms with E-state index in [9.17, 15) is 18.0 Å². The van der Waals surface area contributed by atoms with Gasteiger partial charge in [-0.1, -0.05) is 81.6 Å². The van der Waals surface area contributed by atoms with Gasteiger partial charge in [-0.2, -0.15) is 0 Å². The number of hydrogen-bond acceptors (Lipinski definition) is 7. The molecule has 1 saturated carbocycles. The number of likely N-dealkylation sites (tertiary alicyclic amines) is 1. The van der Waals surface area contributed by atoms with Crippen LogP contribution in [0.1, 0.15) is 94.6 Å². The van der Waals surface area contributed by atoms with Crippen LogP contribution in [0.5, 0.6) is 0 Å². The van der Waals surface area contributed by atoms with Crippen LogP contribution < -0.4 is 4.72 Å². The first-order valence-electron chi connectivity index (χ1n) is 16.7. The Labute approximate surface area is 277 Å². The van der Waals surface area contributed by atoms with E-state index in [4.69, 9.17) is 9.52 Å². The minimum atomic E-state index is -4.06. The zero-order chi connectivity index (χ0) is 33.6. The van der Waals surface area contributed by atoms with E-state index < -0.39 is 21.0 Å². The fourth-order valence-corrected chi connectivity index (χ4v) is 8.33. The molecule has 6 rings (SSSR count). The first kappa shape index (κ1) is 32.9. The summed E-state index contributed by atoms with van der Waals surface area (Å²) in [5, 5.41) is 3.90. The molecule has 3 heterocycles. The van der Waals surface area contributed by atoms with Crippen molar-refractivity contribution in [2.45, 2.75) is 110 Å². The maximum atomic E-state index is 13.9. The smallest absolute Gasteiger partial charge is 0.263 e. The molecule has 0 unspecified atom stereocenters. The fourth-order valence-electron chi connectivity index (χ4n) is 7.05. The molecule has 3 aromatic rings. The summed E-state index contributed by atoms with van der Waals surface area (Å²) in [4.78, 5) is 36.1. The van der Waals surface area contributed by atoms with E-state index in [1.165, 1.54) is 0 Å². The zero-order valence-electron chi connectivity index (χ0n) is 28.1. The average Bonchev–Trinajstić information content (AvgIpc) is 3.78. The number of anilines is 1. The Balaban J connectivity index is 1.39. The average molecular weight is 660 g/mol. The number of amidine groups is 1. The predicted octanol–water partition coefficient (Wildman–Crippen LogP) is 6.76. The molecule has 2 aromatic carbocycles. The summed E-state index contributed by atoms with van der Waals surface area (Å²) < 4.78 is 35.4. The van der Waals surface area contributed by atoms with Gasteiger partial charge in [0.1, 0.15) is 17.1 Å². The minimum Gasteiger partial charge on any atom is -0.359 e. The number of nitrogens with zero attached hydrogens (tertiary/aromatic N) is 4. The summed E-state index contributed by atoms with van der Waals surface area (Å²) in [6.45, 7) is 10.9. The first-order chi connectivity index (χ1) is 22.3. The normalized spacial score (nSPS) is 18.9. The molecule has 250 valence electrons. The maximum Gasteiger partial charge on any atom is 0.263 e. The van der Waals surface area contributed by atoms with Gasteiger partial charge in [0.25, 0.3) is 15.9 Å². The molecule has 3 aliphatic rings. The number of aliphatic imine (C=N–C) groups is 1. The molecule has 11 heteroatoms. The van der Waals surface area contributed by atoms with Gasteiger partial charge in [0.15, 0.2) is 5.82 Å². The van der Waals surface area contributed by atoms with Crippen molar-refractivity contribution in [1.29, 1.82) is 0 Å². The van der Waals surface area contributed by atoms with Gasteiger partial charge in [-0.05, 0) is 62.3 Å². The molecule has 0 atom stereocenters. The lowest BCUT2D eigenvalue weighted by Gasteiger charge is -2.25. The maximum absolute atomic E-state index is 13.9. The highest BCUT2D eigenvalue weighted by Crippen LogP contribution is 2.41. The zero-order valence-corrected chi connectivity index (χ0v) is 28.9. The Morgan fingerprint density at radius 1 is 0.957 bits per heavy atom. The molecule has 1 saturated heterocycles. The number of sulfonamides is 1. The molecule has 0 radical (unpaired) electrons. The second-order valence-electron chi connectivity index (χ2n) is 13.9. The minimum absolute atomic E-state index is 0.0696. The van der Waals surface area contributed by atoms with Crippen molar-refractivity contribution >= 4 is 33.5 Å². The van der Waals surface area contributed by atoms with Crippen LogP contribution in [0.15, 0.2) is 56.9 Å². The number of unbranched alkanes of at least 4 members (excludes halogenated alkanes) is 1. The molecular weight excluding hydrogens is 614 g/mol. The van der Waals surface area contributed by atoms with Crippen LogP contribution in [0.25, 0.3) is 11.1 Å². The first-order valence-corrected chi connectivity index (χ1v) is 18.2. The Hall–Kier alpha value is -3.99. The number of hydrogen-bond donors (Lipinski definition) is 1. The molecular formula is C36H45N5O5S. The number of amides is 2. The van der Waals surface area contributed by atoms with Gasteiger partial charge in [-0.3, -0.25) is 24.2 Å². The third-order valence-electron chi connectivity index (χ3n) is 10.1. The Bertz CT molecular complexity index is 1840. The van der Waals surface area contributed by atoms with E-state index in [0.717, 1.165) is 68.3 Å². The Kier molecular flexibility index (Phi) is 8.80. The van der Waals surface area contributed by atoms with Crippen LogP contribution in [0.2, 0.25) is 0 Å². The quantitative estimate of drug-likeness (QED) is 0.243. The molecule has 2 aliphatic heterocycles. The van der Waals surface area contributed by atoms with Crippen molar-refractivity contribution < 1.29 is 22.5 Å². The largest absolute Gasteiger partial charge is 0.359 e. The summed E-state index contributed by atoms with van der Waals surface area (Å²) in [6, 6.07) is 12.8. The van der Waals surface area contributed by atoms with Crippen LogP contribution in [0.3, 0.4) is 0 Å². The lowest BCUT2D eigenvalue weighted by molar-refractivity contribution is -0.135. The third kappa shape index (κ3) is 6.22. The van der Waals surface area contributed by atoms with E-state index in [1.54, 1.807) is 32.0 Å². The van der Waals surface area contributed by atoms with Crippen molar-refractivity contribution in [3.05, 3.63) is 64.9 Å². The number of carbonyl (C=O) groups is 2. The highest BCUT2D eigenvalue weighted by Gasteiger charge is 2.49. The summed E-state index contributed by atoms with van der Waals surface area (Å²) in [5.74, 6) is 1.70. The number of aryl methyl sites for hydroxylation is 1. The molecule has 1 N–H and O–H groups in total. The van der Waals surface area contributed by atoms with Gasteiger partial charge in [0.2, 0.25) is 5.91 Å². The number of rotatable bonds is 11. The number of benzene rings is 2. The summed E-state index contributed by atoms with van der Waals surface area (Å²) in [6.07, 6.45) is 7.08.